The number of hydrogen-bond acceptors (Lipinski definition) is 6. The minimum Gasteiger partial charge on any atom is -0.376 e. The highest BCUT2D eigenvalue weighted by molar-refractivity contribution is 7.15. The molecule has 4 rings (SSSR count). The van der Waals surface area contributed by atoms with Crippen LogP contribution >= 0.6 is 11.3 Å². The number of thiazole rings is 1. The number of imidazole rings is 1. The summed E-state index contributed by atoms with van der Waals surface area (Å²) in [6, 6.07) is 0. The molecule has 2 saturated heterocycles. The lowest BCUT2D eigenvalue weighted by atomic mass is 10.1. The summed E-state index contributed by atoms with van der Waals surface area (Å²) < 4.78 is 13.3. The van der Waals surface area contributed by atoms with Crippen LogP contribution in [0.2, 0.25) is 0 Å². The first kappa shape index (κ1) is 17.9. The third kappa shape index (κ3) is 3.78. The van der Waals surface area contributed by atoms with E-state index in [4.69, 9.17) is 9.47 Å². The summed E-state index contributed by atoms with van der Waals surface area (Å²) in [5.41, 5.74) is 1.57. The van der Waals surface area contributed by atoms with Crippen molar-refractivity contribution in [2.75, 3.05) is 46.5 Å². The van der Waals surface area contributed by atoms with Crippen molar-refractivity contribution in [2.45, 2.75) is 31.9 Å². The minimum atomic E-state index is 0.0706. The van der Waals surface area contributed by atoms with Crippen molar-refractivity contribution in [3.8, 4) is 0 Å². The number of piperidine rings is 1. The molecule has 2 aliphatic heterocycles. The Hall–Kier alpha value is -1.48. The predicted molar refractivity (Wildman–Crippen MR) is 99.7 cm³/mol. The molecule has 0 spiro atoms. The van der Waals surface area contributed by atoms with E-state index in [9.17, 15) is 4.79 Å². The van der Waals surface area contributed by atoms with Gasteiger partial charge in [0.2, 0.25) is 0 Å². The number of likely N-dealkylation sites (N-methyl/N-ethyl adjacent to an activating group) is 1. The molecule has 0 radical (unpaired) electrons. The van der Waals surface area contributed by atoms with Crippen LogP contribution in [0.25, 0.3) is 4.96 Å². The number of fused-ring (bicyclic) bond motifs is 1. The lowest BCUT2D eigenvalue weighted by Gasteiger charge is -2.28. The summed E-state index contributed by atoms with van der Waals surface area (Å²) in [7, 11) is 2.05. The predicted octanol–water partition coefficient (Wildman–Crippen LogP) is 1.87. The van der Waals surface area contributed by atoms with Crippen LogP contribution in [0.4, 0.5) is 0 Å². The first-order chi connectivity index (χ1) is 12.7. The summed E-state index contributed by atoms with van der Waals surface area (Å²) in [4.78, 5) is 22.7. The molecule has 0 bridgehead atoms. The van der Waals surface area contributed by atoms with Gasteiger partial charge in [0.25, 0.3) is 5.91 Å². The second-order valence-electron chi connectivity index (χ2n) is 7.08. The van der Waals surface area contributed by atoms with Crippen LogP contribution in [0, 0.1) is 0 Å². The molecule has 0 N–H and O–H groups in total. The van der Waals surface area contributed by atoms with Crippen molar-refractivity contribution in [3.63, 3.8) is 0 Å². The standard InChI is InChI=1S/C18H26N4O3S/c1-20(11-14-13-24-8-9-25-14)12-15-16(19-18-22(15)7-10-26-18)17(23)21-5-3-2-4-6-21/h7,10,14H,2-6,8-9,11-13H2,1H3/t14-/m0/s1. The van der Waals surface area contributed by atoms with Gasteiger partial charge in [0.1, 0.15) is 0 Å². The SMILES string of the molecule is CN(Cc1c(C(=O)N2CCCCC2)nc2sccn12)C[C@H]1COCCO1. The Labute approximate surface area is 157 Å². The van der Waals surface area contributed by atoms with Crippen LogP contribution in [0.15, 0.2) is 11.6 Å². The van der Waals surface area contributed by atoms with Crippen LogP contribution in [-0.4, -0.2) is 77.7 Å². The van der Waals surface area contributed by atoms with Crippen LogP contribution in [0.1, 0.15) is 35.4 Å². The number of nitrogens with zero attached hydrogens (tertiary/aromatic N) is 4. The maximum atomic E-state index is 13.1. The molecular weight excluding hydrogens is 352 g/mol. The second-order valence-corrected chi connectivity index (χ2v) is 7.95. The van der Waals surface area contributed by atoms with Gasteiger partial charge in [0, 0.05) is 37.8 Å². The molecule has 2 aromatic rings. The molecule has 8 heteroatoms. The van der Waals surface area contributed by atoms with Gasteiger partial charge in [-0.05, 0) is 26.3 Å². The normalized spacial score (nSPS) is 21.6. The Morgan fingerprint density at radius 3 is 2.96 bits per heavy atom. The monoisotopic (exact) mass is 378 g/mol. The van der Waals surface area contributed by atoms with Crippen molar-refractivity contribution in [1.29, 1.82) is 0 Å². The molecule has 0 saturated carbocycles. The topological polar surface area (TPSA) is 59.3 Å². The molecule has 2 aromatic heterocycles. The number of likely N-dealkylation sites (tertiary alicyclic amines) is 1. The second kappa shape index (κ2) is 8.04. The number of aromatic nitrogens is 2. The molecule has 1 amide bonds. The van der Waals surface area contributed by atoms with E-state index in [0.717, 1.165) is 43.1 Å². The zero-order chi connectivity index (χ0) is 17.9. The van der Waals surface area contributed by atoms with Gasteiger partial charge in [-0.25, -0.2) is 4.98 Å². The molecule has 1 atom stereocenters. The van der Waals surface area contributed by atoms with Gasteiger partial charge in [-0.15, -0.1) is 11.3 Å². The van der Waals surface area contributed by atoms with Gasteiger partial charge < -0.3 is 14.4 Å². The highest BCUT2D eigenvalue weighted by Crippen LogP contribution is 2.22. The summed E-state index contributed by atoms with van der Waals surface area (Å²) >= 11 is 1.57. The summed E-state index contributed by atoms with van der Waals surface area (Å²) in [6.45, 7) is 5.07. The molecule has 26 heavy (non-hydrogen) atoms. The van der Waals surface area contributed by atoms with E-state index in [1.165, 1.54) is 6.42 Å². The number of carbonyl (C=O) groups excluding carboxylic acids is 1. The first-order valence-corrected chi connectivity index (χ1v) is 10.2. The Morgan fingerprint density at radius 2 is 2.19 bits per heavy atom. The molecule has 0 aliphatic carbocycles. The lowest BCUT2D eigenvalue weighted by Crippen LogP contribution is -2.39. The molecule has 7 nitrogen and oxygen atoms in total. The Kier molecular flexibility index (Phi) is 5.54. The molecular formula is C18H26N4O3S. The van der Waals surface area contributed by atoms with E-state index >= 15 is 0 Å². The minimum absolute atomic E-state index is 0.0706. The van der Waals surface area contributed by atoms with Crippen molar-refractivity contribution < 1.29 is 14.3 Å². The van der Waals surface area contributed by atoms with Crippen LogP contribution in [0.3, 0.4) is 0 Å². The van der Waals surface area contributed by atoms with Crippen LogP contribution < -0.4 is 0 Å². The zero-order valence-corrected chi connectivity index (χ0v) is 16.0. The fourth-order valence-corrected chi connectivity index (χ4v) is 4.44. The highest BCUT2D eigenvalue weighted by Gasteiger charge is 2.26. The van der Waals surface area contributed by atoms with E-state index in [1.807, 2.05) is 16.5 Å². The average molecular weight is 378 g/mol. The Morgan fingerprint density at radius 1 is 1.35 bits per heavy atom. The van der Waals surface area contributed by atoms with E-state index < -0.39 is 0 Å². The van der Waals surface area contributed by atoms with Crippen molar-refractivity contribution >= 4 is 22.2 Å². The third-order valence-electron chi connectivity index (χ3n) is 5.03. The van der Waals surface area contributed by atoms with Gasteiger partial charge in [-0.3, -0.25) is 14.1 Å². The van der Waals surface area contributed by atoms with E-state index in [0.29, 0.717) is 32.1 Å². The van der Waals surface area contributed by atoms with Gasteiger partial charge in [0.05, 0.1) is 31.6 Å². The Balaban J connectivity index is 1.52. The quantitative estimate of drug-likeness (QED) is 0.795. The van der Waals surface area contributed by atoms with E-state index in [1.54, 1.807) is 11.3 Å². The van der Waals surface area contributed by atoms with E-state index in [2.05, 4.69) is 21.3 Å². The lowest BCUT2D eigenvalue weighted by molar-refractivity contribution is -0.0963. The molecule has 0 aromatic carbocycles. The zero-order valence-electron chi connectivity index (χ0n) is 15.2. The average Bonchev–Trinajstić information content (AvgIpc) is 3.25. The molecule has 142 valence electrons. The van der Waals surface area contributed by atoms with E-state index in [-0.39, 0.29) is 12.0 Å². The van der Waals surface area contributed by atoms with Gasteiger partial charge in [-0.2, -0.15) is 0 Å². The fraction of sp³-hybridized carbons (Fsp3) is 0.667. The number of amides is 1. The molecule has 0 unspecified atom stereocenters. The number of hydrogen-bond donors (Lipinski definition) is 0. The summed E-state index contributed by atoms with van der Waals surface area (Å²) in [5, 5.41) is 2.01. The smallest absolute Gasteiger partial charge is 0.274 e. The maximum Gasteiger partial charge on any atom is 0.274 e. The summed E-state index contributed by atoms with van der Waals surface area (Å²) in [5.74, 6) is 0.0706. The number of carbonyl (C=O) groups is 1. The first-order valence-electron chi connectivity index (χ1n) is 9.34. The summed E-state index contributed by atoms with van der Waals surface area (Å²) in [6.07, 6.45) is 5.47. The molecule has 4 heterocycles. The number of ether oxygens (including phenoxy) is 2. The van der Waals surface area contributed by atoms with Crippen molar-refractivity contribution in [3.05, 3.63) is 23.0 Å². The fourth-order valence-electron chi connectivity index (χ4n) is 3.71. The van der Waals surface area contributed by atoms with Crippen molar-refractivity contribution in [1.82, 2.24) is 19.2 Å². The van der Waals surface area contributed by atoms with Gasteiger partial charge in [-0.1, -0.05) is 0 Å². The molecule has 2 fully saturated rings. The highest BCUT2D eigenvalue weighted by atomic mass is 32.1. The molecule has 2 aliphatic rings. The third-order valence-corrected chi connectivity index (χ3v) is 5.78. The van der Waals surface area contributed by atoms with Crippen molar-refractivity contribution in [2.24, 2.45) is 0 Å². The maximum absolute atomic E-state index is 13.1. The van der Waals surface area contributed by atoms with Gasteiger partial charge >= 0.3 is 0 Å². The Bertz CT molecular complexity index is 747. The van der Waals surface area contributed by atoms with Crippen LogP contribution in [-0.2, 0) is 16.0 Å². The largest absolute Gasteiger partial charge is 0.376 e. The van der Waals surface area contributed by atoms with Crippen LogP contribution in [0.5, 0.6) is 0 Å². The van der Waals surface area contributed by atoms with Gasteiger partial charge in [0.15, 0.2) is 10.7 Å². The number of rotatable bonds is 5.